The molecule has 2 rings (SSSR count). The van der Waals surface area contributed by atoms with Gasteiger partial charge in [0.05, 0.1) is 11.0 Å². The lowest BCUT2D eigenvalue weighted by atomic mass is 10.2. The largest absolute Gasteiger partial charge is 0.369 e. The minimum Gasteiger partial charge on any atom is -0.369 e. The molecular weight excluding hydrogens is 259 g/mol. The number of fused-ring (bicyclic) bond motifs is 1. The molecule has 0 spiro atoms. The van der Waals surface area contributed by atoms with Crippen molar-refractivity contribution in [2.45, 2.75) is 27.3 Å². The van der Waals surface area contributed by atoms with Crippen LogP contribution in [0.25, 0.3) is 11.0 Å². The van der Waals surface area contributed by atoms with Crippen LogP contribution < -0.4 is 5.73 Å². The first-order valence-corrected chi connectivity index (χ1v) is 6.67. The van der Waals surface area contributed by atoms with Gasteiger partial charge < -0.3 is 15.2 Å². The van der Waals surface area contributed by atoms with Crippen LogP contribution in [0.1, 0.15) is 19.4 Å². The number of imidazole rings is 1. The van der Waals surface area contributed by atoms with E-state index in [1.54, 1.807) is 22.5 Å². The second-order valence-corrected chi connectivity index (χ2v) is 4.71. The fourth-order valence-electron chi connectivity index (χ4n) is 2.25. The average Bonchev–Trinajstić information content (AvgIpc) is 2.68. The van der Waals surface area contributed by atoms with E-state index in [-0.39, 0.29) is 24.2 Å². The van der Waals surface area contributed by atoms with Crippen molar-refractivity contribution in [2.24, 2.45) is 0 Å². The van der Waals surface area contributed by atoms with Crippen molar-refractivity contribution >= 4 is 22.9 Å². The highest BCUT2D eigenvalue weighted by atomic mass is 19.1. The van der Waals surface area contributed by atoms with Gasteiger partial charge in [-0.05, 0) is 32.4 Å². The van der Waals surface area contributed by atoms with Gasteiger partial charge in [0, 0.05) is 19.2 Å². The zero-order valence-corrected chi connectivity index (χ0v) is 12.0. The van der Waals surface area contributed by atoms with E-state index in [9.17, 15) is 9.18 Å². The first-order valence-electron chi connectivity index (χ1n) is 6.67. The molecule has 6 heteroatoms. The Morgan fingerprint density at radius 3 is 2.65 bits per heavy atom. The van der Waals surface area contributed by atoms with Crippen LogP contribution in [-0.2, 0) is 11.3 Å². The van der Waals surface area contributed by atoms with Crippen molar-refractivity contribution in [3.8, 4) is 0 Å². The number of carbonyl (C=O) groups excluding carboxylic acids is 1. The summed E-state index contributed by atoms with van der Waals surface area (Å²) < 4.78 is 15.2. The van der Waals surface area contributed by atoms with Crippen molar-refractivity contribution < 1.29 is 9.18 Å². The molecule has 0 aliphatic carbocycles. The summed E-state index contributed by atoms with van der Waals surface area (Å²) in [5.74, 6) is -0.120. The molecule has 0 aliphatic heterocycles. The third-order valence-corrected chi connectivity index (χ3v) is 3.47. The highest BCUT2D eigenvalue weighted by Gasteiger charge is 2.16. The monoisotopic (exact) mass is 278 g/mol. The van der Waals surface area contributed by atoms with Crippen LogP contribution in [0.2, 0.25) is 0 Å². The Balaban J connectivity index is 2.41. The predicted molar refractivity (Wildman–Crippen MR) is 76.8 cm³/mol. The van der Waals surface area contributed by atoms with Gasteiger partial charge in [-0.25, -0.2) is 9.37 Å². The summed E-state index contributed by atoms with van der Waals surface area (Å²) in [4.78, 5) is 18.0. The van der Waals surface area contributed by atoms with Crippen LogP contribution in [0.15, 0.2) is 12.1 Å². The summed E-state index contributed by atoms with van der Waals surface area (Å²) in [7, 11) is 0. The van der Waals surface area contributed by atoms with E-state index in [1.165, 1.54) is 6.07 Å². The molecule has 108 valence electrons. The van der Waals surface area contributed by atoms with Crippen molar-refractivity contribution in [2.75, 3.05) is 18.8 Å². The molecule has 1 heterocycles. The number of carbonyl (C=O) groups is 1. The summed E-state index contributed by atoms with van der Waals surface area (Å²) in [6.45, 7) is 6.95. The van der Waals surface area contributed by atoms with Crippen molar-refractivity contribution in [3.63, 3.8) is 0 Å². The lowest BCUT2D eigenvalue weighted by Gasteiger charge is -2.19. The minimum atomic E-state index is -0.322. The first-order chi connectivity index (χ1) is 9.47. The van der Waals surface area contributed by atoms with Gasteiger partial charge >= 0.3 is 0 Å². The molecule has 1 amide bonds. The Hall–Kier alpha value is -2.11. The summed E-state index contributed by atoms with van der Waals surface area (Å²) in [5, 5.41) is 0. The molecule has 0 bridgehead atoms. The normalized spacial score (nSPS) is 11.0. The Bertz CT molecular complexity index is 646. The van der Waals surface area contributed by atoms with Gasteiger partial charge in [0.2, 0.25) is 11.9 Å². The van der Waals surface area contributed by atoms with E-state index in [4.69, 9.17) is 5.73 Å². The lowest BCUT2D eigenvalue weighted by Crippen LogP contribution is -2.33. The van der Waals surface area contributed by atoms with Gasteiger partial charge in [-0.3, -0.25) is 4.79 Å². The molecule has 1 aromatic carbocycles. The molecule has 5 nitrogen and oxygen atoms in total. The molecule has 0 saturated carbocycles. The maximum absolute atomic E-state index is 13.5. The molecule has 20 heavy (non-hydrogen) atoms. The number of anilines is 1. The van der Waals surface area contributed by atoms with Crippen LogP contribution >= 0.6 is 0 Å². The maximum Gasteiger partial charge on any atom is 0.242 e. The van der Waals surface area contributed by atoms with Crippen molar-refractivity contribution in [1.82, 2.24) is 14.5 Å². The number of nitrogen functional groups attached to an aromatic ring is 1. The molecule has 0 atom stereocenters. The summed E-state index contributed by atoms with van der Waals surface area (Å²) in [6.07, 6.45) is 0. The number of rotatable bonds is 4. The maximum atomic E-state index is 13.5. The summed E-state index contributed by atoms with van der Waals surface area (Å²) >= 11 is 0. The van der Waals surface area contributed by atoms with Crippen LogP contribution in [0.3, 0.4) is 0 Å². The summed E-state index contributed by atoms with van der Waals surface area (Å²) in [6, 6.07) is 3.02. The van der Waals surface area contributed by atoms with E-state index >= 15 is 0 Å². The van der Waals surface area contributed by atoms with Crippen LogP contribution in [0.4, 0.5) is 10.3 Å². The average molecular weight is 278 g/mol. The van der Waals surface area contributed by atoms with E-state index in [2.05, 4.69) is 4.98 Å². The molecule has 2 N–H and O–H groups in total. The Morgan fingerprint density at radius 1 is 1.40 bits per heavy atom. The number of benzene rings is 1. The molecule has 0 unspecified atom stereocenters. The standard InChI is InChI=1S/C14H19FN4O/c1-4-18(5-2)13(20)8-19-12-6-9(3)10(15)7-11(12)17-14(19)16/h6-7H,4-5,8H2,1-3H3,(H2,16,17). The van der Waals surface area contributed by atoms with Gasteiger partial charge in [-0.2, -0.15) is 0 Å². The molecule has 0 radical (unpaired) electrons. The Kier molecular flexibility index (Phi) is 3.92. The number of hydrogen-bond acceptors (Lipinski definition) is 3. The zero-order valence-electron chi connectivity index (χ0n) is 12.0. The van der Waals surface area contributed by atoms with E-state index in [1.807, 2.05) is 13.8 Å². The smallest absolute Gasteiger partial charge is 0.242 e. The number of aryl methyl sites for hydroxylation is 1. The van der Waals surface area contributed by atoms with Crippen LogP contribution in [0, 0.1) is 12.7 Å². The third kappa shape index (κ3) is 2.45. The quantitative estimate of drug-likeness (QED) is 0.929. The minimum absolute atomic E-state index is 0.0250. The number of nitrogens with two attached hydrogens (primary N) is 1. The second kappa shape index (κ2) is 5.48. The van der Waals surface area contributed by atoms with Crippen LogP contribution in [-0.4, -0.2) is 33.4 Å². The highest BCUT2D eigenvalue weighted by molar-refractivity contribution is 5.83. The Labute approximate surface area is 117 Å². The predicted octanol–water partition coefficient (Wildman–Crippen LogP) is 1.93. The number of hydrogen-bond donors (Lipinski definition) is 1. The summed E-state index contributed by atoms with van der Waals surface area (Å²) in [5.41, 5.74) is 7.50. The Morgan fingerprint density at radius 2 is 2.05 bits per heavy atom. The third-order valence-electron chi connectivity index (χ3n) is 3.47. The van der Waals surface area contributed by atoms with Crippen LogP contribution in [0.5, 0.6) is 0 Å². The van der Waals surface area contributed by atoms with Gasteiger partial charge in [-0.15, -0.1) is 0 Å². The SMILES string of the molecule is CCN(CC)C(=O)Cn1c(N)nc2cc(F)c(C)cc21. The fraction of sp³-hybridized carbons (Fsp3) is 0.429. The van der Waals surface area contributed by atoms with Crippen molar-refractivity contribution in [3.05, 3.63) is 23.5 Å². The molecule has 0 saturated heterocycles. The number of nitrogens with zero attached hydrogens (tertiary/aromatic N) is 3. The molecule has 0 aliphatic rings. The zero-order chi connectivity index (χ0) is 14.9. The van der Waals surface area contributed by atoms with Gasteiger partial charge in [-0.1, -0.05) is 0 Å². The molecule has 0 fully saturated rings. The number of halogens is 1. The van der Waals surface area contributed by atoms with Gasteiger partial charge in [0.1, 0.15) is 12.4 Å². The highest BCUT2D eigenvalue weighted by Crippen LogP contribution is 2.21. The van der Waals surface area contributed by atoms with Gasteiger partial charge in [0.15, 0.2) is 0 Å². The van der Waals surface area contributed by atoms with Crippen molar-refractivity contribution in [1.29, 1.82) is 0 Å². The number of amides is 1. The number of likely N-dealkylation sites (N-methyl/N-ethyl adjacent to an activating group) is 1. The first kappa shape index (κ1) is 14.3. The molecular formula is C14H19FN4O. The topological polar surface area (TPSA) is 64.2 Å². The van der Waals surface area contributed by atoms with E-state index in [0.29, 0.717) is 29.7 Å². The lowest BCUT2D eigenvalue weighted by molar-refractivity contribution is -0.131. The van der Waals surface area contributed by atoms with E-state index in [0.717, 1.165) is 0 Å². The molecule has 1 aromatic heterocycles. The number of aromatic nitrogens is 2. The molecule has 2 aromatic rings. The fourth-order valence-corrected chi connectivity index (χ4v) is 2.25. The van der Waals surface area contributed by atoms with Gasteiger partial charge in [0.25, 0.3) is 0 Å². The van der Waals surface area contributed by atoms with E-state index < -0.39 is 0 Å². The second-order valence-electron chi connectivity index (χ2n) is 4.71.